The quantitative estimate of drug-likeness (QED) is 0.673. The molecule has 0 aliphatic carbocycles. The van der Waals surface area contributed by atoms with E-state index in [1.165, 1.54) is 18.1 Å². The minimum Gasteiger partial charge on any atom is -0.493 e. The van der Waals surface area contributed by atoms with Crippen molar-refractivity contribution in [1.29, 1.82) is 0 Å². The van der Waals surface area contributed by atoms with Gasteiger partial charge in [-0.25, -0.2) is 0 Å². The minimum absolute atomic E-state index is 0.0910. The Morgan fingerprint density at radius 2 is 1.84 bits per heavy atom. The molecule has 1 atom stereocenters. The third kappa shape index (κ3) is 4.61. The summed E-state index contributed by atoms with van der Waals surface area (Å²) in [5.74, 6) is -0.164. The topological polar surface area (TPSA) is 54.0 Å². The first-order valence-electron chi connectivity index (χ1n) is 9.45. The van der Waals surface area contributed by atoms with E-state index >= 15 is 0 Å². The molecule has 0 saturated carbocycles. The Bertz CT molecular complexity index is 1010. The number of alkyl halides is 2. The summed E-state index contributed by atoms with van der Waals surface area (Å²) in [6.45, 7) is -1.15. The van der Waals surface area contributed by atoms with E-state index in [-0.39, 0.29) is 17.4 Å². The van der Waals surface area contributed by atoms with Gasteiger partial charge in [-0.2, -0.15) is 8.78 Å². The number of amides is 1. The first-order valence-corrected chi connectivity index (χ1v) is 9.86. The number of nitrogens with zero attached hydrogens (tertiary/aromatic N) is 2. The number of likely N-dealkylation sites (N-methyl/N-ethyl adjacent to an activating group) is 1. The molecule has 3 rings (SSSR count). The number of anilines is 1. The van der Waals surface area contributed by atoms with Crippen LogP contribution in [0.5, 0.6) is 11.5 Å². The maximum atomic E-state index is 13.1. The van der Waals surface area contributed by atoms with E-state index in [4.69, 9.17) is 17.0 Å². The van der Waals surface area contributed by atoms with Crippen LogP contribution in [0.1, 0.15) is 18.5 Å². The van der Waals surface area contributed by atoms with Crippen LogP contribution in [0.15, 0.2) is 59.8 Å². The molecule has 0 radical (unpaired) electrons. The van der Waals surface area contributed by atoms with Gasteiger partial charge in [0, 0.05) is 25.5 Å². The van der Waals surface area contributed by atoms with E-state index < -0.39 is 12.7 Å². The maximum absolute atomic E-state index is 13.1. The number of ether oxygens (including phenoxy) is 2. The molecule has 0 fully saturated rings. The Kier molecular flexibility index (Phi) is 6.74. The van der Waals surface area contributed by atoms with E-state index in [9.17, 15) is 13.6 Å². The highest BCUT2D eigenvalue weighted by atomic mass is 32.1. The number of carbonyl (C=O) groups excluding carboxylic acids is 1. The van der Waals surface area contributed by atoms with Crippen LogP contribution < -0.4 is 19.7 Å². The standard InChI is InChI=1S/C22H23F2N3O3S/c1-13-18(20(28)26(2)3)19(25-22(31)27(13)15-8-6-5-7-9-15)14-10-11-16(30-21(23)24)17(12-14)29-4/h5-12,19,21H,1-4H3,(H,25,31). The molecule has 0 aromatic heterocycles. The normalized spacial score (nSPS) is 16.3. The highest BCUT2D eigenvalue weighted by Gasteiger charge is 2.35. The number of allylic oxidation sites excluding steroid dienone is 1. The molecule has 2 aromatic rings. The van der Waals surface area contributed by atoms with Crippen LogP contribution in [0.3, 0.4) is 0 Å². The Balaban J connectivity index is 2.12. The second-order valence-corrected chi connectivity index (χ2v) is 7.43. The molecular formula is C22H23F2N3O3S. The van der Waals surface area contributed by atoms with Crippen molar-refractivity contribution in [2.45, 2.75) is 19.6 Å². The van der Waals surface area contributed by atoms with Gasteiger partial charge in [-0.1, -0.05) is 24.3 Å². The van der Waals surface area contributed by atoms with Gasteiger partial charge in [0.15, 0.2) is 16.6 Å². The molecule has 31 heavy (non-hydrogen) atoms. The zero-order chi connectivity index (χ0) is 22.7. The molecule has 1 N–H and O–H groups in total. The van der Waals surface area contributed by atoms with Crippen molar-refractivity contribution >= 4 is 28.9 Å². The van der Waals surface area contributed by atoms with Crippen molar-refractivity contribution < 1.29 is 23.0 Å². The number of nitrogens with one attached hydrogen (secondary N) is 1. The monoisotopic (exact) mass is 447 g/mol. The first-order chi connectivity index (χ1) is 14.7. The van der Waals surface area contributed by atoms with E-state index in [1.54, 1.807) is 31.1 Å². The molecule has 0 spiro atoms. The molecular weight excluding hydrogens is 424 g/mol. The van der Waals surface area contributed by atoms with Gasteiger partial charge in [-0.3, -0.25) is 9.69 Å². The van der Waals surface area contributed by atoms with Gasteiger partial charge in [0.2, 0.25) is 0 Å². The minimum atomic E-state index is -2.98. The average Bonchev–Trinajstić information content (AvgIpc) is 2.73. The molecule has 2 aromatic carbocycles. The number of halogens is 2. The zero-order valence-electron chi connectivity index (χ0n) is 17.6. The van der Waals surface area contributed by atoms with Gasteiger partial charge in [-0.05, 0) is 49.0 Å². The van der Waals surface area contributed by atoms with Gasteiger partial charge < -0.3 is 19.7 Å². The van der Waals surface area contributed by atoms with Crippen molar-refractivity contribution in [3.05, 3.63) is 65.4 Å². The fourth-order valence-corrected chi connectivity index (χ4v) is 3.82. The maximum Gasteiger partial charge on any atom is 0.387 e. The average molecular weight is 448 g/mol. The molecule has 1 aliphatic rings. The van der Waals surface area contributed by atoms with Crippen molar-refractivity contribution in [2.75, 3.05) is 26.1 Å². The first kappa shape index (κ1) is 22.5. The van der Waals surface area contributed by atoms with Crippen LogP contribution in [0.4, 0.5) is 14.5 Å². The summed E-state index contributed by atoms with van der Waals surface area (Å²) < 4.78 is 35.1. The molecule has 164 valence electrons. The molecule has 0 saturated heterocycles. The summed E-state index contributed by atoms with van der Waals surface area (Å²) >= 11 is 5.61. The number of para-hydroxylation sites is 1. The van der Waals surface area contributed by atoms with Crippen molar-refractivity contribution in [2.24, 2.45) is 0 Å². The van der Waals surface area contributed by atoms with Crippen LogP contribution in [-0.4, -0.2) is 43.7 Å². The summed E-state index contributed by atoms with van der Waals surface area (Å²) in [6.07, 6.45) is 0. The Labute approximate surface area is 185 Å². The third-order valence-electron chi connectivity index (χ3n) is 4.87. The molecule has 1 amide bonds. The van der Waals surface area contributed by atoms with E-state index in [1.807, 2.05) is 37.3 Å². The SMILES string of the molecule is COc1cc(C2NC(=S)N(c3ccccc3)C(C)=C2C(=O)N(C)C)ccc1OC(F)F. The van der Waals surface area contributed by atoms with Crippen LogP contribution in [0.25, 0.3) is 0 Å². The Morgan fingerprint density at radius 1 is 1.16 bits per heavy atom. The third-order valence-corrected chi connectivity index (χ3v) is 5.17. The lowest BCUT2D eigenvalue weighted by atomic mass is 9.93. The van der Waals surface area contributed by atoms with Gasteiger partial charge in [0.25, 0.3) is 5.91 Å². The predicted molar refractivity (Wildman–Crippen MR) is 118 cm³/mol. The van der Waals surface area contributed by atoms with Crippen LogP contribution >= 0.6 is 12.2 Å². The number of thiocarbonyl (C=S) groups is 1. The van der Waals surface area contributed by atoms with Crippen molar-refractivity contribution in [3.63, 3.8) is 0 Å². The van der Waals surface area contributed by atoms with Crippen LogP contribution in [-0.2, 0) is 4.79 Å². The molecule has 9 heteroatoms. The van der Waals surface area contributed by atoms with Gasteiger partial charge in [0.1, 0.15) is 0 Å². The highest BCUT2D eigenvalue weighted by molar-refractivity contribution is 7.80. The Morgan fingerprint density at radius 3 is 2.42 bits per heavy atom. The second kappa shape index (κ2) is 9.30. The predicted octanol–water partition coefficient (Wildman–Crippen LogP) is 4.09. The van der Waals surface area contributed by atoms with E-state index in [0.717, 1.165) is 5.69 Å². The number of hydrogen-bond acceptors (Lipinski definition) is 4. The molecule has 6 nitrogen and oxygen atoms in total. The fraction of sp³-hybridized carbons (Fsp3) is 0.273. The summed E-state index contributed by atoms with van der Waals surface area (Å²) in [7, 11) is 4.69. The summed E-state index contributed by atoms with van der Waals surface area (Å²) in [5, 5.41) is 3.63. The molecule has 1 unspecified atom stereocenters. The number of rotatable bonds is 6. The number of hydrogen-bond donors (Lipinski definition) is 1. The smallest absolute Gasteiger partial charge is 0.387 e. The van der Waals surface area contributed by atoms with Gasteiger partial charge >= 0.3 is 6.61 Å². The number of methoxy groups -OCH3 is 1. The lowest BCUT2D eigenvalue weighted by Crippen LogP contribution is -2.49. The number of carbonyl (C=O) groups is 1. The molecule has 1 aliphatic heterocycles. The van der Waals surface area contributed by atoms with E-state index in [2.05, 4.69) is 10.1 Å². The van der Waals surface area contributed by atoms with E-state index in [0.29, 0.717) is 21.9 Å². The zero-order valence-corrected chi connectivity index (χ0v) is 18.4. The van der Waals surface area contributed by atoms with Crippen LogP contribution in [0.2, 0.25) is 0 Å². The summed E-state index contributed by atoms with van der Waals surface area (Å²) in [5.41, 5.74) is 2.59. The lowest BCUT2D eigenvalue weighted by molar-refractivity contribution is -0.125. The van der Waals surface area contributed by atoms with Crippen LogP contribution in [0, 0.1) is 0 Å². The molecule has 1 heterocycles. The summed E-state index contributed by atoms with van der Waals surface area (Å²) in [6, 6.07) is 13.4. The largest absolute Gasteiger partial charge is 0.493 e. The van der Waals surface area contributed by atoms with Crippen molar-refractivity contribution in [3.8, 4) is 11.5 Å². The van der Waals surface area contributed by atoms with Gasteiger partial charge in [0.05, 0.1) is 18.7 Å². The van der Waals surface area contributed by atoms with Crippen molar-refractivity contribution in [1.82, 2.24) is 10.2 Å². The second-order valence-electron chi connectivity index (χ2n) is 7.04. The summed E-state index contributed by atoms with van der Waals surface area (Å²) in [4.78, 5) is 16.4. The Hall–Kier alpha value is -3.20. The molecule has 0 bridgehead atoms. The van der Waals surface area contributed by atoms with Gasteiger partial charge in [-0.15, -0.1) is 0 Å². The number of benzene rings is 2. The lowest BCUT2D eigenvalue weighted by Gasteiger charge is -2.38. The highest BCUT2D eigenvalue weighted by Crippen LogP contribution is 2.38. The fourth-order valence-electron chi connectivity index (χ4n) is 3.46.